The van der Waals surface area contributed by atoms with Crippen LogP contribution in [0.25, 0.3) is 0 Å². The van der Waals surface area contributed by atoms with Crippen molar-refractivity contribution in [3.05, 3.63) is 11.6 Å². The highest BCUT2D eigenvalue weighted by atomic mass is 35.5. The Bertz CT molecular complexity index is 46.0. The van der Waals surface area contributed by atoms with E-state index in [1.807, 2.05) is 6.92 Å². The maximum Gasteiger partial charge on any atom is -0.0442 e. The highest BCUT2D eigenvalue weighted by molar-refractivity contribution is 5.85. The third kappa shape index (κ3) is 24.1. The number of hydrogen-bond donors (Lipinski definition) is 1. The van der Waals surface area contributed by atoms with Gasteiger partial charge in [-0.15, -0.1) is 12.4 Å². The summed E-state index contributed by atoms with van der Waals surface area (Å²) >= 11 is 0. The SMILES string of the molecule is CC=C(C)C.Cl.N. The molecule has 0 aliphatic heterocycles. The molecule has 0 fully saturated rings. The van der Waals surface area contributed by atoms with Gasteiger partial charge in [0.2, 0.25) is 0 Å². The molecule has 0 saturated heterocycles. The van der Waals surface area contributed by atoms with Crippen molar-refractivity contribution in [1.82, 2.24) is 6.15 Å². The van der Waals surface area contributed by atoms with Gasteiger partial charge in [-0.2, -0.15) is 0 Å². The summed E-state index contributed by atoms with van der Waals surface area (Å²) in [6, 6.07) is 0. The lowest BCUT2D eigenvalue weighted by molar-refractivity contribution is 1.36. The molecule has 0 heterocycles. The predicted octanol–water partition coefficient (Wildman–Crippen LogP) is 2.56. The zero-order valence-electron chi connectivity index (χ0n) is 5.19. The Morgan fingerprint density at radius 3 is 1.43 bits per heavy atom. The molecule has 1 nitrogen and oxygen atoms in total. The molecule has 0 rings (SSSR count). The molecule has 0 spiro atoms. The molecule has 2 heteroatoms. The maximum absolute atomic E-state index is 2.08. The summed E-state index contributed by atoms with van der Waals surface area (Å²) in [7, 11) is 0. The molecule has 0 aromatic rings. The van der Waals surface area contributed by atoms with Gasteiger partial charge in [0.05, 0.1) is 0 Å². The van der Waals surface area contributed by atoms with E-state index in [9.17, 15) is 0 Å². The van der Waals surface area contributed by atoms with Crippen LogP contribution >= 0.6 is 12.4 Å². The van der Waals surface area contributed by atoms with Crippen LogP contribution in [0.1, 0.15) is 20.8 Å². The first-order valence-electron chi connectivity index (χ1n) is 1.87. The molecule has 0 aromatic heterocycles. The first-order chi connectivity index (χ1) is 2.27. The second-order valence-corrected chi connectivity index (χ2v) is 1.37. The minimum absolute atomic E-state index is 0. The molecule has 0 aliphatic carbocycles. The van der Waals surface area contributed by atoms with E-state index in [2.05, 4.69) is 19.9 Å². The van der Waals surface area contributed by atoms with Gasteiger partial charge < -0.3 is 6.15 Å². The van der Waals surface area contributed by atoms with Crippen LogP contribution in [0.2, 0.25) is 0 Å². The zero-order chi connectivity index (χ0) is 4.28. The van der Waals surface area contributed by atoms with E-state index in [-0.39, 0.29) is 18.6 Å². The Labute approximate surface area is 51.8 Å². The molecule has 0 bridgehead atoms. The van der Waals surface area contributed by atoms with Gasteiger partial charge >= 0.3 is 0 Å². The second kappa shape index (κ2) is 9.37. The third-order valence-corrected chi connectivity index (χ3v) is 0.577. The molecule has 0 aliphatic rings. The lowest BCUT2D eigenvalue weighted by Gasteiger charge is -1.74. The van der Waals surface area contributed by atoms with Crippen molar-refractivity contribution >= 4 is 12.4 Å². The van der Waals surface area contributed by atoms with Gasteiger partial charge in [0.15, 0.2) is 0 Å². The Balaban J connectivity index is -0.0000000800. The number of allylic oxidation sites excluding steroid dienone is 2. The van der Waals surface area contributed by atoms with E-state index in [0.29, 0.717) is 0 Å². The van der Waals surface area contributed by atoms with Crippen molar-refractivity contribution in [3.63, 3.8) is 0 Å². The van der Waals surface area contributed by atoms with Crippen LogP contribution in [0.3, 0.4) is 0 Å². The molecule has 0 aromatic carbocycles. The summed E-state index contributed by atoms with van der Waals surface area (Å²) in [4.78, 5) is 0. The van der Waals surface area contributed by atoms with Crippen LogP contribution in [0.4, 0.5) is 0 Å². The summed E-state index contributed by atoms with van der Waals surface area (Å²) in [5.41, 5.74) is 1.38. The fourth-order valence-corrected chi connectivity index (χ4v) is 0. The van der Waals surface area contributed by atoms with Gasteiger partial charge in [0.25, 0.3) is 0 Å². The van der Waals surface area contributed by atoms with Crippen molar-refractivity contribution in [2.24, 2.45) is 0 Å². The van der Waals surface area contributed by atoms with Crippen molar-refractivity contribution < 1.29 is 0 Å². The fourth-order valence-electron chi connectivity index (χ4n) is 0. The smallest absolute Gasteiger partial charge is 0.0442 e. The molecule has 0 unspecified atom stereocenters. The highest BCUT2D eigenvalue weighted by Crippen LogP contribution is 1.82. The summed E-state index contributed by atoms with van der Waals surface area (Å²) < 4.78 is 0. The van der Waals surface area contributed by atoms with Crippen molar-refractivity contribution in [2.75, 3.05) is 0 Å². The van der Waals surface area contributed by atoms with E-state index < -0.39 is 0 Å². The Hall–Kier alpha value is -0.0100. The first-order valence-corrected chi connectivity index (χ1v) is 1.87. The van der Waals surface area contributed by atoms with Crippen LogP contribution in [-0.2, 0) is 0 Å². The normalized spacial score (nSPS) is 5.00. The lowest BCUT2D eigenvalue weighted by atomic mass is 10.3. The number of rotatable bonds is 0. The minimum atomic E-state index is 0. The molecule has 0 amide bonds. The fraction of sp³-hybridized carbons (Fsp3) is 0.600. The molecule has 7 heavy (non-hydrogen) atoms. The van der Waals surface area contributed by atoms with E-state index in [1.54, 1.807) is 0 Å². The predicted molar refractivity (Wildman–Crippen MR) is 37.4 cm³/mol. The van der Waals surface area contributed by atoms with Crippen LogP contribution in [0.15, 0.2) is 11.6 Å². The van der Waals surface area contributed by atoms with Crippen LogP contribution in [0, 0.1) is 0 Å². The Morgan fingerprint density at radius 2 is 1.43 bits per heavy atom. The molecular formula is C5H14ClN. The lowest BCUT2D eigenvalue weighted by Crippen LogP contribution is -1.52. The zero-order valence-corrected chi connectivity index (χ0v) is 6.01. The molecule has 0 radical (unpaired) electrons. The number of halogens is 1. The van der Waals surface area contributed by atoms with E-state index in [4.69, 9.17) is 0 Å². The quantitative estimate of drug-likeness (QED) is 0.494. The average Bonchev–Trinajstić information content (AvgIpc) is 1.38. The Kier molecular flexibility index (Phi) is 21.1. The Morgan fingerprint density at radius 1 is 1.29 bits per heavy atom. The monoisotopic (exact) mass is 123 g/mol. The van der Waals surface area contributed by atoms with E-state index in [0.717, 1.165) is 0 Å². The molecule has 0 saturated carbocycles. The standard InChI is InChI=1S/C5H10.ClH.H3N/c1-4-5(2)3;;/h4H,1-3H3;1H;1H3. The summed E-state index contributed by atoms with van der Waals surface area (Å²) in [6.45, 7) is 6.20. The third-order valence-electron chi connectivity index (χ3n) is 0.577. The van der Waals surface area contributed by atoms with Crippen LogP contribution in [0.5, 0.6) is 0 Å². The molecule has 0 atom stereocenters. The largest absolute Gasteiger partial charge is 0.344 e. The highest BCUT2D eigenvalue weighted by Gasteiger charge is 1.60. The van der Waals surface area contributed by atoms with E-state index >= 15 is 0 Å². The van der Waals surface area contributed by atoms with E-state index in [1.165, 1.54) is 5.57 Å². The van der Waals surface area contributed by atoms with Crippen LogP contribution in [-0.4, -0.2) is 0 Å². The summed E-state index contributed by atoms with van der Waals surface area (Å²) in [5.74, 6) is 0. The first kappa shape index (κ1) is 15.8. The van der Waals surface area contributed by atoms with Gasteiger partial charge in [0, 0.05) is 0 Å². The molecule has 3 N–H and O–H groups in total. The summed E-state index contributed by atoms with van der Waals surface area (Å²) in [5, 5.41) is 0. The van der Waals surface area contributed by atoms with Gasteiger partial charge in [-0.25, -0.2) is 0 Å². The summed E-state index contributed by atoms with van der Waals surface area (Å²) in [6.07, 6.45) is 2.08. The van der Waals surface area contributed by atoms with Crippen LogP contribution < -0.4 is 6.15 Å². The van der Waals surface area contributed by atoms with Gasteiger partial charge in [-0.05, 0) is 20.8 Å². The van der Waals surface area contributed by atoms with Gasteiger partial charge in [-0.1, -0.05) is 11.6 Å². The molecular weight excluding hydrogens is 110 g/mol. The van der Waals surface area contributed by atoms with Crippen molar-refractivity contribution in [3.8, 4) is 0 Å². The average molecular weight is 124 g/mol. The second-order valence-electron chi connectivity index (χ2n) is 1.37. The van der Waals surface area contributed by atoms with Crippen molar-refractivity contribution in [2.45, 2.75) is 20.8 Å². The minimum Gasteiger partial charge on any atom is -0.344 e. The van der Waals surface area contributed by atoms with Crippen molar-refractivity contribution in [1.29, 1.82) is 0 Å². The maximum atomic E-state index is 2.08. The van der Waals surface area contributed by atoms with Gasteiger partial charge in [0.1, 0.15) is 0 Å². The topological polar surface area (TPSA) is 35.0 Å². The number of hydrogen-bond acceptors (Lipinski definition) is 1. The van der Waals surface area contributed by atoms with Gasteiger partial charge in [-0.3, -0.25) is 0 Å². The molecule has 46 valence electrons.